The summed E-state index contributed by atoms with van der Waals surface area (Å²) in [5.41, 5.74) is -0.593. The van der Waals surface area contributed by atoms with E-state index in [2.05, 4.69) is 21.2 Å². The van der Waals surface area contributed by atoms with E-state index >= 15 is 0 Å². The molecule has 0 heterocycles. The molecule has 0 aliphatic rings. The van der Waals surface area contributed by atoms with Crippen LogP contribution in [0.25, 0.3) is 0 Å². The van der Waals surface area contributed by atoms with Crippen molar-refractivity contribution in [3.05, 3.63) is 0 Å². The minimum absolute atomic E-state index is 0.0148. The van der Waals surface area contributed by atoms with Crippen molar-refractivity contribution in [1.29, 1.82) is 0 Å². The SMILES string of the molecule is CC[C@H](C)[C@H](NC(=O)OC(C)(C)C)C(=O)OCCCBr. The van der Waals surface area contributed by atoms with Gasteiger partial charge in [0.05, 0.1) is 6.61 Å². The average molecular weight is 352 g/mol. The lowest BCUT2D eigenvalue weighted by Crippen LogP contribution is -2.47. The molecule has 0 saturated heterocycles. The quantitative estimate of drug-likeness (QED) is 0.434. The second-order valence-electron chi connectivity index (χ2n) is 5.72. The molecule has 5 nitrogen and oxygen atoms in total. The Morgan fingerprint density at radius 1 is 1.30 bits per heavy atom. The Bertz CT molecular complexity index is 315. The van der Waals surface area contributed by atoms with Crippen molar-refractivity contribution < 1.29 is 19.1 Å². The molecular weight excluding hydrogens is 326 g/mol. The van der Waals surface area contributed by atoms with E-state index in [1.807, 2.05) is 13.8 Å². The van der Waals surface area contributed by atoms with Gasteiger partial charge >= 0.3 is 12.1 Å². The van der Waals surface area contributed by atoms with Crippen molar-refractivity contribution in [3.8, 4) is 0 Å². The fourth-order valence-electron chi connectivity index (χ4n) is 1.42. The molecule has 0 aromatic carbocycles. The third kappa shape index (κ3) is 8.40. The standard InChI is InChI=1S/C14H26BrNO4/c1-6-10(2)11(12(17)19-9-7-8-15)16-13(18)20-14(3,4)5/h10-11H,6-9H2,1-5H3,(H,16,18)/t10-,11-/m0/s1. The second-order valence-corrected chi connectivity index (χ2v) is 6.51. The fraction of sp³-hybridized carbons (Fsp3) is 0.857. The van der Waals surface area contributed by atoms with Crippen molar-refractivity contribution in [2.24, 2.45) is 5.92 Å². The van der Waals surface area contributed by atoms with Gasteiger partial charge in [-0.25, -0.2) is 9.59 Å². The number of rotatable bonds is 7. The van der Waals surface area contributed by atoms with Crippen LogP contribution in [0.1, 0.15) is 47.5 Å². The van der Waals surface area contributed by atoms with Crippen molar-refractivity contribution in [2.75, 3.05) is 11.9 Å². The summed E-state index contributed by atoms with van der Waals surface area (Å²) in [6, 6.07) is -0.676. The van der Waals surface area contributed by atoms with E-state index in [-0.39, 0.29) is 5.92 Å². The van der Waals surface area contributed by atoms with Crippen LogP contribution in [0.4, 0.5) is 4.79 Å². The van der Waals surface area contributed by atoms with E-state index in [4.69, 9.17) is 9.47 Å². The van der Waals surface area contributed by atoms with Crippen LogP contribution in [0, 0.1) is 5.92 Å². The van der Waals surface area contributed by atoms with E-state index < -0.39 is 23.7 Å². The molecule has 0 unspecified atom stereocenters. The molecule has 0 fully saturated rings. The van der Waals surface area contributed by atoms with E-state index in [1.54, 1.807) is 20.8 Å². The summed E-state index contributed by atoms with van der Waals surface area (Å²) in [6.07, 6.45) is 0.902. The summed E-state index contributed by atoms with van der Waals surface area (Å²) < 4.78 is 10.3. The van der Waals surface area contributed by atoms with Gasteiger partial charge < -0.3 is 14.8 Å². The number of nitrogens with one attached hydrogen (secondary N) is 1. The summed E-state index contributed by atoms with van der Waals surface area (Å²) in [4.78, 5) is 23.8. The Morgan fingerprint density at radius 3 is 2.35 bits per heavy atom. The Hall–Kier alpha value is -0.780. The van der Waals surface area contributed by atoms with Crippen molar-refractivity contribution in [2.45, 2.75) is 59.1 Å². The van der Waals surface area contributed by atoms with Gasteiger partial charge in [-0.05, 0) is 33.1 Å². The first-order valence-corrected chi connectivity index (χ1v) is 8.05. The number of carbonyl (C=O) groups is 2. The maximum Gasteiger partial charge on any atom is 0.408 e. The van der Waals surface area contributed by atoms with E-state index in [0.717, 1.165) is 18.2 Å². The van der Waals surface area contributed by atoms with E-state index in [0.29, 0.717) is 6.61 Å². The van der Waals surface area contributed by atoms with E-state index in [9.17, 15) is 9.59 Å². The van der Waals surface area contributed by atoms with Crippen LogP contribution in [0.5, 0.6) is 0 Å². The molecule has 0 aromatic heterocycles. The Kier molecular flexibility index (Phi) is 8.85. The highest BCUT2D eigenvalue weighted by Crippen LogP contribution is 2.12. The number of amides is 1. The number of hydrogen-bond donors (Lipinski definition) is 1. The molecule has 0 aromatic rings. The van der Waals surface area contributed by atoms with Crippen LogP contribution < -0.4 is 5.32 Å². The largest absolute Gasteiger partial charge is 0.464 e. The molecular formula is C14H26BrNO4. The number of halogens is 1. The van der Waals surface area contributed by atoms with Gasteiger partial charge in [0.25, 0.3) is 0 Å². The zero-order chi connectivity index (χ0) is 15.8. The lowest BCUT2D eigenvalue weighted by atomic mass is 9.99. The van der Waals surface area contributed by atoms with Crippen LogP contribution in [-0.4, -0.2) is 35.6 Å². The van der Waals surface area contributed by atoms with Gasteiger partial charge in [-0.3, -0.25) is 0 Å². The summed E-state index contributed by atoms with van der Waals surface area (Å²) in [5.74, 6) is -0.426. The number of alkyl halides is 1. The molecule has 0 bridgehead atoms. The van der Waals surface area contributed by atoms with Gasteiger partial charge in [-0.15, -0.1) is 0 Å². The normalized spacial score (nSPS) is 14.3. The predicted molar refractivity (Wildman–Crippen MR) is 82.0 cm³/mol. The summed E-state index contributed by atoms with van der Waals surface area (Å²) >= 11 is 3.27. The van der Waals surface area contributed by atoms with Gasteiger partial charge in [0.15, 0.2) is 0 Å². The predicted octanol–water partition coefficient (Wildman–Crippen LogP) is 3.25. The highest BCUT2D eigenvalue weighted by molar-refractivity contribution is 9.09. The maximum absolute atomic E-state index is 12.0. The molecule has 0 saturated carbocycles. The first-order valence-electron chi connectivity index (χ1n) is 6.93. The minimum atomic E-state index is -0.676. The number of alkyl carbamates (subject to hydrolysis) is 1. The summed E-state index contributed by atoms with van der Waals surface area (Å²) in [5, 5.41) is 3.38. The van der Waals surface area contributed by atoms with Crippen LogP contribution in [0.2, 0.25) is 0 Å². The Balaban J connectivity index is 4.56. The van der Waals surface area contributed by atoms with Gasteiger partial charge in [0, 0.05) is 5.33 Å². The van der Waals surface area contributed by atoms with Crippen LogP contribution >= 0.6 is 15.9 Å². The highest BCUT2D eigenvalue weighted by Gasteiger charge is 2.29. The average Bonchev–Trinajstić information content (AvgIpc) is 2.33. The zero-order valence-corrected chi connectivity index (χ0v) is 14.6. The molecule has 0 aliphatic heterocycles. The lowest BCUT2D eigenvalue weighted by Gasteiger charge is -2.25. The second kappa shape index (κ2) is 9.21. The smallest absolute Gasteiger partial charge is 0.408 e. The van der Waals surface area contributed by atoms with Gasteiger partial charge in [0.1, 0.15) is 11.6 Å². The summed E-state index contributed by atoms with van der Waals surface area (Å²) in [7, 11) is 0. The van der Waals surface area contributed by atoms with Gasteiger partial charge in [-0.2, -0.15) is 0 Å². The van der Waals surface area contributed by atoms with Crippen LogP contribution in [-0.2, 0) is 14.3 Å². The molecule has 20 heavy (non-hydrogen) atoms. The Morgan fingerprint density at radius 2 is 1.90 bits per heavy atom. The number of carbonyl (C=O) groups excluding carboxylic acids is 2. The molecule has 0 radical (unpaired) electrons. The molecule has 0 rings (SSSR count). The minimum Gasteiger partial charge on any atom is -0.464 e. The molecule has 1 amide bonds. The van der Waals surface area contributed by atoms with Crippen LogP contribution in [0.3, 0.4) is 0 Å². The first kappa shape index (κ1) is 19.2. The van der Waals surface area contributed by atoms with Crippen molar-refractivity contribution >= 4 is 28.0 Å². The Labute approximate surface area is 129 Å². The topological polar surface area (TPSA) is 64.6 Å². The monoisotopic (exact) mass is 351 g/mol. The fourth-order valence-corrected chi connectivity index (χ4v) is 1.65. The van der Waals surface area contributed by atoms with E-state index in [1.165, 1.54) is 0 Å². The van der Waals surface area contributed by atoms with Crippen molar-refractivity contribution in [1.82, 2.24) is 5.32 Å². The molecule has 6 heteroatoms. The molecule has 118 valence electrons. The summed E-state index contributed by atoms with van der Waals surface area (Å²) in [6.45, 7) is 9.53. The van der Waals surface area contributed by atoms with Crippen molar-refractivity contribution in [3.63, 3.8) is 0 Å². The third-order valence-electron chi connectivity index (χ3n) is 2.66. The number of hydrogen-bond acceptors (Lipinski definition) is 4. The van der Waals surface area contributed by atoms with Gasteiger partial charge in [-0.1, -0.05) is 36.2 Å². The molecule has 0 aliphatic carbocycles. The molecule has 1 N–H and O–H groups in total. The third-order valence-corrected chi connectivity index (χ3v) is 3.22. The molecule has 0 spiro atoms. The highest BCUT2D eigenvalue weighted by atomic mass is 79.9. The number of ether oxygens (including phenoxy) is 2. The van der Waals surface area contributed by atoms with Gasteiger partial charge in [0.2, 0.25) is 0 Å². The zero-order valence-electron chi connectivity index (χ0n) is 13.0. The first-order chi connectivity index (χ1) is 9.21. The number of esters is 1. The molecule has 2 atom stereocenters. The van der Waals surface area contributed by atoms with Crippen LogP contribution in [0.15, 0.2) is 0 Å². The lowest BCUT2D eigenvalue weighted by molar-refractivity contribution is -0.147. The maximum atomic E-state index is 12.0.